The summed E-state index contributed by atoms with van der Waals surface area (Å²) in [5, 5.41) is 8.59. The maximum atomic E-state index is 11.6. The zero-order valence-electron chi connectivity index (χ0n) is 10.9. The van der Waals surface area contributed by atoms with Gasteiger partial charge >= 0.3 is 0 Å². The number of carbonyl (C=O) groups is 1. The van der Waals surface area contributed by atoms with Gasteiger partial charge in [-0.25, -0.2) is 0 Å². The quantitative estimate of drug-likeness (QED) is 0.822. The molecule has 1 aromatic rings. The number of carbonyl (C=O) groups excluding carboxylic acids is 1. The van der Waals surface area contributed by atoms with Gasteiger partial charge in [0.05, 0.1) is 0 Å². The molecular formula is C15H19NO2. The highest BCUT2D eigenvalue weighted by atomic mass is 16.2. The Bertz CT molecular complexity index is 440. The standard InChI is InChI=1S/C15H19NO2/c1-3-5-15(18)16(2)12-14-9-7-13(8-10-14)6-4-11-17/h7-10,17H,3,5,11-12H2,1-2H3. The van der Waals surface area contributed by atoms with Crippen LogP contribution in [0, 0.1) is 11.8 Å². The van der Waals surface area contributed by atoms with Crippen molar-refractivity contribution in [1.82, 2.24) is 4.90 Å². The molecule has 1 N–H and O–H groups in total. The molecule has 0 heterocycles. The molecule has 0 saturated heterocycles. The average Bonchev–Trinajstić information content (AvgIpc) is 2.38. The smallest absolute Gasteiger partial charge is 0.222 e. The second-order valence-electron chi connectivity index (χ2n) is 4.16. The maximum Gasteiger partial charge on any atom is 0.222 e. The van der Waals surface area contributed by atoms with E-state index in [-0.39, 0.29) is 12.5 Å². The molecule has 0 radical (unpaired) electrons. The molecule has 0 bridgehead atoms. The van der Waals surface area contributed by atoms with E-state index in [1.165, 1.54) is 0 Å². The van der Waals surface area contributed by atoms with Crippen LogP contribution in [0.1, 0.15) is 30.9 Å². The van der Waals surface area contributed by atoms with Gasteiger partial charge in [0.15, 0.2) is 0 Å². The monoisotopic (exact) mass is 245 g/mol. The number of nitrogens with zero attached hydrogens (tertiary/aromatic N) is 1. The summed E-state index contributed by atoms with van der Waals surface area (Å²) in [4.78, 5) is 13.4. The lowest BCUT2D eigenvalue weighted by Gasteiger charge is -2.16. The zero-order valence-corrected chi connectivity index (χ0v) is 10.9. The first-order valence-electron chi connectivity index (χ1n) is 6.10. The summed E-state index contributed by atoms with van der Waals surface area (Å²) < 4.78 is 0. The molecule has 96 valence electrons. The van der Waals surface area contributed by atoms with Crippen LogP contribution in [0.25, 0.3) is 0 Å². The van der Waals surface area contributed by atoms with Gasteiger partial charge in [0.1, 0.15) is 6.61 Å². The number of hydrogen-bond donors (Lipinski definition) is 1. The Hall–Kier alpha value is -1.79. The van der Waals surface area contributed by atoms with Gasteiger partial charge in [0.25, 0.3) is 0 Å². The normalized spacial score (nSPS) is 9.50. The molecule has 0 spiro atoms. The highest BCUT2D eigenvalue weighted by Crippen LogP contribution is 2.07. The van der Waals surface area contributed by atoms with Crippen LogP contribution < -0.4 is 0 Å². The predicted molar refractivity (Wildman–Crippen MR) is 71.8 cm³/mol. The van der Waals surface area contributed by atoms with E-state index < -0.39 is 0 Å². The van der Waals surface area contributed by atoms with Gasteiger partial charge in [-0.15, -0.1) is 0 Å². The number of hydrogen-bond acceptors (Lipinski definition) is 2. The fraction of sp³-hybridized carbons (Fsp3) is 0.400. The molecule has 18 heavy (non-hydrogen) atoms. The summed E-state index contributed by atoms with van der Waals surface area (Å²) in [5.74, 6) is 5.61. The second kappa shape index (κ2) is 7.52. The molecule has 0 atom stereocenters. The predicted octanol–water partition coefficient (Wildman–Crippen LogP) is 1.79. The van der Waals surface area contributed by atoms with Crippen molar-refractivity contribution in [2.45, 2.75) is 26.3 Å². The zero-order chi connectivity index (χ0) is 13.4. The molecule has 1 amide bonds. The lowest BCUT2D eigenvalue weighted by molar-refractivity contribution is -0.130. The van der Waals surface area contributed by atoms with E-state index in [1.54, 1.807) is 4.90 Å². The summed E-state index contributed by atoms with van der Waals surface area (Å²) in [6.07, 6.45) is 1.47. The second-order valence-corrected chi connectivity index (χ2v) is 4.16. The third kappa shape index (κ3) is 4.60. The van der Waals surface area contributed by atoms with Crippen LogP contribution in [0.2, 0.25) is 0 Å². The van der Waals surface area contributed by atoms with Gasteiger partial charge in [0, 0.05) is 25.6 Å². The van der Waals surface area contributed by atoms with Crippen LogP contribution in [-0.4, -0.2) is 29.6 Å². The fourth-order valence-electron chi connectivity index (χ4n) is 1.60. The van der Waals surface area contributed by atoms with Crippen molar-refractivity contribution in [2.75, 3.05) is 13.7 Å². The Morgan fingerprint density at radius 3 is 2.56 bits per heavy atom. The molecule has 1 rings (SSSR count). The van der Waals surface area contributed by atoms with E-state index in [4.69, 9.17) is 5.11 Å². The SMILES string of the molecule is CCCC(=O)N(C)Cc1ccc(C#CCO)cc1. The van der Waals surface area contributed by atoms with E-state index in [2.05, 4.69) is 11.8 Å². The maximum absolute atomic E-state index is 11.6. The number of rotatable bonds is 4. The largest absolute Gasteiger partial charge is 0.384 e. The summed E-state index contributed by atoms with van der Waals surface area (Å²) >= 11 is 0. The first kappa shape index (κ1) is 14.3. The van der Waals surface area contributed by atoms with Crippen LogP contribution in [0.15, 0.2) is 24.3 Å². The van der Waals surface area contributed by atoms with Gasteiger partial charge in [-0.2, -0.15) is 0 Å². The number of amides is 1. The molecule has 0 aliphatic rings. The average molecular weight is 245 g/mol. The van der Waals surface area contributed by atoms with Crippen molar-refractivity contribution in [3.05, 3.63) is 35.4 Å². The van der Waals surface area contributed by atoms with Crippen LogP contribution in [0.4, 0.5) is 0 Å². The lowest BCUT2D eigenvalue weighted by atomic mass is 10.1. The van der Waals surface area contributed by atoms with Gasteiger partial charge in [-0.3, -0.25) is 4.79 Å². The van der Waals surface area contributed by atoms with Crippen molar-refractivity contribution in [3.8, 4) is 11.8 Å². The minimum Gasteiger partial charge on any atom is -0.384 e. The topological polar surface area (TPSA) is 40.5 Å². The molecule has 3 heteroatoms. The van der Waals surface area contributed by atoms with Gasteiger partial charge in [0.2, 0.25) is 5.91 Å². The lowest BCUT2D eigenvalue weighted by Crippen LogP contribution is -2.25. The molecular weight excluding hydrogens is 226 g/mol. The summed E-state index contributed by atoms with van der Waals surface area (Å²) in [5.41, 5.74) is 1.95. The van der Waals surface area contributed by atoms with Crippen molar-refractivity contribution in [2.24, 2.45) is 0 Å². The molecule has 0 aliphatic heterocycles. The van der Waals surface area contributed by atoms with E-state index in [1.807, 2.05) is 38.2 Å². The minimum atomic E-state index is -0.129. The third-order valence-corrected chi connectivity index (χ3v) is 2.58. The summed E-state index contributed by atoms with van der Waals surface area (Å²) in [6, 6.07) is 7.71. The molecule has 0 fully saturated rings. The van der Waals surface area contributed by atoms with Gasteiger partial charge in [-0.1, -0.05) is 30.9 Å². The molecule has 0 aromatic heterocycles. The van der Waals surface area contributed by atoms with Crippen LogP contribution in [-0.2, 0) is 11.3 Å². The van der Waals surface area contributed by atoms with E-state index in [0.717, 1.165) is 17.5 Å². The van der Waals surface area contributed by atoms with Crippen LogP contribution in [0.3, 0.4) is 0 Å². The van der Waals surface area contributed by atoms with Crippen molar-refractivity contribution in [3.63, 3.8) is 0 Å². The Morgan fingerprint density at radius 1 is 1.33 bits per heavy atom. The highest BCUT2D eigenvalue weighted by molar-refractivity contribution is 5.75. The Kier molecular flexibility index (Phi) is 5.96. The number of aliphatic hydroxyl groups is 1. The molecule has 0 aliphatic carbocycles. The summed E-state index contributed by atoms with van der Waals surface area (Å²) in [6.45, 7) is 2.49. The third-order valence-electron chi connectivity index (χ3n) is 2.58. The Balaban J connectivity index is 2.60. The van der Waals surface area contributed by atoms with Crippen molar-refractivity contribution >= 4 is 5.91 Å². The van der Waals surface area contributed by atoms with Gasteiger partial charge in [-0.05, 0) is 24.1 Å². The number of aliphatic hydroxyl groups excluding tert-OH is 1. The van der Waals surface area contributed by atoms with Crippen molar-refractivity contribution in [1.29, 1.82) is 0 Å². The minimum absolute atomic E-state index is 0.129. The molecule has 0 saturated carbocycles. The molecule has 3 nitrogen and oxygen atoms in total. The van der Waals surface area contributed by atoms with E-state index in [0.29, 0.717) is 13.0 Å². The van der Waals surface area contributed by atoms with E-state index in [9.17, 15) is 4.79 Å². The summed E-state index contributed by atoms with van der Waals surface area (Å²) in [7, 11) is 1.82. The highest BCUT2D eigenvalue weighted by Gasteiger charge is 2.07. The Morgan fingerprint density at radius 2 is 2.00 bits per heavy atom. The first-order chi connectivity index (χ1) is 8.67. The van der Waals surface area contributed by atoms with E-state index >= 15 is 0 Å². The van der Waals surface area contributed by atoms with Gasteiger partial charge < -0.3 is 10.0 Å². The first-order valence-corrected chi connectivity index (χ1v) is 6.10. The number of benzene rings is 1. The molecule has 0 unspecified atom stereocenters. The molecule has 1 aromatic carbocycles. The van der Waals surface area contributed by atoms with Crippen LogP contribution >= 0.6 is 0 Å². The Labute approximate surface area is 108 Å². The van der Waals surface area contributed by atoms with Crippen LogP contribution in [0.5, 0.6) is 0 Å². The fourth-order valence-corrected chi connectivity index (χ4v) is 1.60. The van der Waals surface area contributed by atoms with Crippen molar-refractivity contribution < 1.29 is 9.90 Å².